The fourth-order valence-corrected chi connectivity index (χ4v) is 2.00. The van der Waals surface area contributed by atoms with E-state index in [-0.39, 0.29) is 16.3 Å². The van der Waals surface area contributed by atoms with E-state index in [9.17, 15) is 9.59 Å². The largest absolute Gasteiger partial charge is 0.495 e. The maximum atomic E-state index is 12.0. The quantitative estimate of drug-likeness (QED) is 0.801. The van der Waals surface area contributed by atoms with Crippen LogP contribution in [-0.2, 0) is 0 Å². The van der Waals surface area contributed by atoms with Crippen LogP contribution in [0.3, 0.4) is 0 Å². The van der Waals surface area contributed by atoms with Crippen LogP contribution in [0, 0.1) is 0 Å². The second-order valence-electron chi connectivity index (χ2n) is 4.27. The highest BCUT2D eigenvalue weighted by Gasteiger charge is 2.14. The van der Waals surface area contributed by atoms with Gasteiger partial charge in [0.1, 0.15) is 5.75 Å². The number of halogens is 1. The molecule has 114 valence electrons. The molecule has 0 saturated carbocycles. The minimum absolute atomic E-state index is 0.0947. The summed E-state index contributed by atoms with van der Waals surface area (Å²) in [7, 11) is 1.49. The molecule has 3 N–H and O–H groups in total. The molecule has 2 amide bonds. The summed E-state index contributed by atoms with van der Waals surface area (Å²) >= 11 is 5.76. The third kappa shape index (κ3) is 3.67. The minimum atomic E-state index is -1.19. The third-order valence-electron chi connectivity index (χ3n) is 2.82. The number of nitrogens with one attached hydrogen (secondary N) is 2. The van der Waals surface area contributed by atoms with Crippen molar-refractivity contribution in [2.75, 3.05) is 17.7 Å². The highest BCUT2D eigenvalue weighted by Crippen LogP contribution is 2.24. The Hall–Kier alpha value is -2.73. The van der Waals surface area contributed by atoms with E-state index in [2.05, 4.69) is 10.6 Å². The highest BCUT2D eigenvalue weighted by molar-refractivity contribution is 6.31. The van der Waals surface area contributed by atoms with Crippen LogP contribution in [0.2, 0.25) is 5.02 Å². The number of carbonyl (C=O) groups is 2. The summed E-state index contributed by atoms with van der Waals surface area (Å²) in [5, 5.41) is 14.5. The Morgan fingerprint density at radius 3 is 2.45 bits per heavy atom. The number of rotatable bonds is 4. The molecule has 6 nitrogen and oxygen atoms in total. The molecule has 0 unspecified atom stereocenters. The normalized spacial score (nSPS) is 9.91. The Bertz CT molecular complexity index is 718. The number of para-hydroxylation sites is 2. The zero-order valence-electron chi connectivity index (χ0n) is 11.6. The number of anilines is 2. The zero-order chi connectivity index (χ0) is 16.1. The number of carboxylic acids is 1. The number of methoxy groups -OCH3 is 1. The van der Waals surface area contributed by atoms with Crippen molar-refractivity contribution in [1.82, 2.24) is 0 Å². The van der Waals surface area contributed by atoms with E-state index in [0.717, 1.165) is 0 Å². The first-order valence-electron chi connectivity index (χ1n) is 6.25. The van der Waals surface area contributed by atoms with Gasteiger partial charge in [-0.2, -0.15) is 0 Å². The van der Waals surface area contributed by atoms with Crippen molar-refractivity contribution in [2.24, 2.45) is 0 Å². The van der Waals surface area contributed by atoms with Crippen LogP contribution in [0.4, 0.5) is 16.2 Å². The monoisotopic (exact) mass is 320 g/mol. The van der Waals surface area contributed by atoms with Crippen molar-refractivity contribution in [3.63, 3.8) is 0 Å². The van der Waals surface area contributed by atoms with E-state index in [1.54, 1.807) is 24.3 Å². The van der Waals surface area contributed by atoms with Crippen molar-refractivity contribution in [3.05, 3.63) is 53.1 Å². The lowest BCUT2D eigenvalue weighted by Gasteiger charge is -2.12. The number of hydrogen-bond donors (Lipinski definition) is 3. The van der Waals surface area contributed by atoms with Crippen LogP contribution in [-0.4, -0.2) is 24.2 Å². The molecule has 0 bridgehead atoms. The SMILES string of the molecule is COc1ccccc1NC(=O)Nc1ccc(Cl)cc1C(=O)O. The molecule has 0 radical (unpaired) electrons. The number of amides is 2. The van der Waals surface area contributed by atoms with E-state index in [1.165, 1.54) is 25.3 Å². The van der Waals surface area contributed by atoms with Gasteiger partial charge in [0, 0.05) is 5.02 Å². The van der Waals surface area contributed by atoms with Gasteiger partial charge >= 0.3 is 12.0 Å². The van der Waals surface area contributed by atoms with Crippen molar-refractivity contribution in [3.8, 4) is 5.75 Å². The molecule has 0 aliphatic heterocycles. The highest BCUT2D eigenvalue weighted by atomic mass is 35.5. The lowest BCUT2D eigenvalue weighted by Crippen LogP contribution is -2.21. The Balaban J connectivity index is 2.17. The van der Waals surface area contributed by atoms with E-state index in [4.69, 9.17) is 21.4 Å². The number of ether oxygens (including phenoxy) is 1. The summed E-state index contributed by atoms with van der Waals surface area (Å²) in [4.78, 5) is 23.2. The summed E-state index contributed by atoms with van der Waals surface area (Å²) in [6.45, 7) is 0. The standard InChI is InChI=1S/C15H13ClN2O4/c1-22-13-5-3-2-4-12(13)18-15(21)17-11-7-6-9(16)8-10(11)14(19)20/h2-8H,1H3,(H,19,20)(H2,17,18,21). The second kappa shape index (κ2) is 6.82. The fourth-order valence-electron chi connectivity index (χ4n) is 1.83. The molecule has 0 aliphatic rings. The summed E-state index contributed by atoms with van der Waals surface area (Å²) in [6, 6.07) is 10.5. The van der Waals surface area contributed by atoms with E-state index in [0.29, 0.717) is 11.4 Å². The molecule has 0 heterocycles. The van der Waals surface area contributed by atoms with Gasteiger partial charge in [0.05, 0.1) is 24.0 Å². The Morgan fingerprint density at radius 1 is 1.09 bits per heavy atom. The predicted octanol–water partition coefficient (Wildman–Crippen LogP) is 3.69. The molecule has 22 heavy (non-hydrogen) atoms. The molecule has 0 fully saturated rings. The first-order chi connectivity index (χ1) is 10.5. The van der Waals surface area contributed by atoms with Gasteiger partial charge < -0.3 is 20.5 Å². The second-order valence-corrected chi connectivity index (χ2v) is 4.71. The van der Waals surface area contributed by atoms with Gasteiger partial charge in [0.15, 0.2) is 0 Å². The van der Waals surface area contributed by atoms with Gasteiger partial charge in [-0.15, -0.1) is 0 Å². The number of carboxylic acid groups (broad SMARTS) is 1. The average molecular weight is 321 g/mol. The lowest BCUT2D eigenvalue weighted by molar-refractivity contribution is 0.0698. The van der Waals surface area contributed by atoms with Crippen LogP contribution in [0.15, 0.2) is 42.5 Å². The van der Waals surface area contributed by atoms with Crippen LogP contribution in [0.5, 0.6) is 5.75 Å². The number of urea groups is 1. The summed E-state index contributed by atoms with van der Waals surface area (Å²) < 4.78 is 5.12. The molecule has 0 aliphatic carbocycles. The topological polar surface area (TPSA) is 87.7 Å². The number of benzene rings is 2. The molecule has 2 rings (SSSR count). The van der Waals surface area contributed by atoms with Gasteiger partial charge in [-0.05, 0) is 30.3 Å². The van der Waals surface area contributed by atoms with Crippen LogP contribution in [0.25, 0.3) is 0 Å². The van der Waals surface area contributed by atoms with Crippen LogP contribution in [0.1, 0.15) is 10.4 Å². The van der Waals surface area contributed by atoms with Gasteiger partial charge in [0.2, 0.25) is 0 Å². The van der Waals surface area contributed by atoms with Crippen molar-refractivity contribution < 1.29 is 19.4 Å². The predicted molar refractivity (Wildman–Crippen MR) is 84.0 cm³/mol. The molecule has 2 aromatic rings. The van der Waals surface area contributed by atoms with E-state index >= 15 is 0 Å². The minimum Gasteiger partial charge on any atom is -0.495 e. The molecule has 0 atom stereocenters. The van der Waals surface area contributed by atoms with Gasteiger partial charge in [-0.3, -0.25) is 0 Å². The van der Waals surface area contributed by atoms with Crippen LogP contribution >= 0.6 is 11.6 Å². The van der Waals surface area contributed by atoms with Gasteiger partial charge in [0.25, 0.3) is 0 Å². The molecular formula is C15H13ClN2O4. The molecule has 2 aromatic carbocycles. The average Bonchev–Trinajstić information content (AvgIpc) is 2.49. The Kier molecular flexibility index (Phi) is 4.85. The first-order valence-corrected chi connectivity index (χ1v) is 6.63. The van der Waals surface area contributed by atoms with Crippen molar-refractivity contribution in [2.45, 2.75) is 0 Å². The fraction of sp³-hybridized carbons (Fsp3) is 0.0667. The maximum absolute atomic E-state index is 12.0. The summed E-state index contributed by atoms with van der Waals surface area (Å²) in [6.07, 6.45) is 0. The first kappa shape index (κ1) is 15.7. The molecule has 0 spiro atoms. The molecular weight excluding hydrogens is 308 g/mol. The van der Waals surface area contributed by atoms with E-state index in [1.807, 2.05) is 0 Å². The molecule has 7 heteroatoms. The number of hydrogen-bond acceptors (Lipinski definition) is 3. The van der Waals surface area contributed by atoms with Crippen molar-refractivity contribution in [1.29, 1.82) is 0 Å². The third-order valence-corrected chi connectivity index (χ3v) is 3.05. The van der Waals surface area contributed by atoms with Gasteiger partial charge in [-0.1, -0.05) is 23.7 Å². The number of carbonyl (C=O) groups excluding carboxylic acids is 1. The van der Waals surface area contributed by atoms with E-state index < -0.39 is 12.0 Å². The van der Waals surface area contributed by atoms with Crippen molar-refractivity contribution >= 4 is 35.0 Å². The summed E-state index contributed by atoms with van der Waals surface area (Å²) in [5.41, 5.74) is 0.514. The lowest BCUT2D eigenvalue weighted by atomic mass is 10.2. The van der Waals surface area contributed by atoms with Crippen LogP contribution < -0.4 is 15.4 Å². The maximum Gasteiger partial charge on any atom is 0.337 e. The smallest absolute Gasteiger partial charge is 0.337 e. The molecule has 0 aromatic heterocycles. The Labute approximate surface area is 131 Å². The zero-order valence-corrected chi connectivity index (χ0v) is 12.3. The Morgan fingerprint density at radius 2 is 1.77 bits per heavy atom. The summed E-state index contributed by atoms with van der Waals surface area (Å²) in [5.74, 6) is -0.692. The molecule has 0 saturated heterocycles. The number of aromatic carboxylic acids is 1. The van der Waals surface area contributed by atoms with Gasteiger partial charge in [-0.25, -0.2) is 9.59 Å².